The summed E-state index contributed by atoms with van der Waals surface area (Å²) in [6, 6.07) is 4.11. The van der Waals surface area contributed by atoms with Crippen molar-refractivity contribution < 1.29 is 30.9 Å². The third kappa shape index (κ3) is 8.33. The molecule has 2 fully saturated rings. The summed E-state index contributed by atoms with van der Waals surface area (Å²) in [5.41, 5.74) is -5.53. The van der Waals surface area contributed by atoms with Gasteiger partial charge in [-0.1, -0.05) is 44.6 Å². The standard InChI is InChI=1S/C10H12OS.C5H10.CHF3O3S/c11-9-5-2-1-4-8(9)10-6-3-7-12-10;1-2-4-5-3-1;2-1(3,4)8(5,6)7/h3,6-8H,1-2,4-5H2;1-5H2;(H,5,6,7). The van der Waals surface area contributed by atoms with Crippen molar-refractivity contribution in [3.63, 3.8) is 0 Å². The molecule has 9 heteroatoms. The second-order valence-corrected chi connectivity index (χ2v) is 8.36. The second-order valence-electron chi connectivity index (χ2n) is 5.97. The fourth-order valence-electron chi connectivity index (χ4n) is 2.66. The van der Waals surface area contributed by atoms with Gasteiger partial charge in [-0.15, -0.1) is 11.3 Å². The summed E-state index contributed by atoms with van der Waals surface area (Å²) in [5, 5.41) is 2.05. The van der Waals surface area contributed by atoms with E-state index in [2.05, 4.69) is 11.4 Å². The summed E-state index contributed by atoms with van der Waals surface area (Å²) >= 11 is 1.71. The molecule has 1 atom stereocenters. The highest BCUT2D eigenvalue weighted by atomic mass is 32.2. The van der Waals surface area contributed by atoms with E-state index in [0.717, 1.165) is 19.3 Å². The first kappa shape index (κ1) is 22.1. The largest absolute Gasteiger partial charge is 0.522 e. The monoisotopic (exact) mass is 400 g/mol. The van der Waals surface area contributed by atoms with Gasteiger partial charge in [0.2, 0.25) is 0 Å². The van der Waals surface area contributed by atoms with Crippen molar-refractivity contribution in [1.29, 1.82) is 0 Å². The lowest BCUT2D eigenvalue weighted by atomic mass is 9.87. The third-order valence-corrected chi connectivity index (χ3v) is 5.55. The van der Waals surface area contributed by atoms with E-state index < -0.39 is 15.6 Å². The highest BCUT2D eigenvalue weighted by molar-refractivity contribution is 7.86. The van der Waals surface area contributed by atoms with E-state index in [4.69, 9.17) is 13.0 Å². The molecule has 4 nitrogen and oxygen atoms in total. The minimum Gasteiger partial charge on any atom is -0.299 e. The predicted molar refractivity (Wildman–Crippen MR) is 91.2 cm³/mol. The van der Waals surface area contributed by atoms with Gasteiger partial charge in [0.25, 0.3) is 0 Å². The molecule has 2 aliphatic carbocycles. The van der Waals surface area contributed by atoms with E-state index in [1.54, 1.807) is 11.3 Å². The first-order chi connectivity index (χ1) is 11.6. The van der Waals surface area contributed by atoms with Crippen LogP contribution >= 0.6 is 11.3 Å². The quantitative estimate of drug-likeness (QED) is 0.512. The van der Waals surface area contributed by atoms with Gasteiger partial charge in [-0.3, -0.25) is 9.35 Å². The number of alkyl halides is 3. The predicted octanol–water partition coefficient (Wildman–Crippen LogP) is 5.32. The number of Topliss-reactive ketones (excluding diaryl/α,β-unsaturated/α-hetero) is 1. The van der Waals surface area contributed by atoms with Crippen LogP contribution in [0.3, 0.4) is 0 Å². The van der Waals surface area contributed by atoms with Crippen molar-refractivity contribution in [3.05, 3.63) is 22.4 Å². The minimum atomic E-state index is -5.84. The van der Waals surface area contributed by atoms with Crippen LogP contribution in [0.25, 0.3) is 0 Å². The molecular weight excluding hydrogens is 377 g/mol. The van der Waals surface area contributed by atoms with Crippen molar-refractivity contribution in [2.45, 2.75) is 69.2 Å². The van der Waals surface area contributed by atoms with Gasteiger partial charge in [0, 0.05) is 11.3 Å². The Morgan fingerprint density at radius 1 is 1.04 bits per heavy atom. The van der Waals surface area contributed by atoms with E-state index >= 15 is 0 Å². The van der Waals surface area contributed by atoms with Gasteiger partial charge in [0.05, 0.1) is 5.92 Å². The zero-order valence-corrected chi connectivity index (χ0v) is 15.4. The molecule has 2 aliphatic rings. The average Bonchev–Trinajstić information content (AvgIpc) is 3.23. The Kier molecular flexibility index (Phi) is 9.09. The minimum absolute atomic E-state index is 0.235. The number of rotatable bonds is 1. The molecule has 1 heterocycles. The van der Waals surface area contributed by atoms with Crippen molar-refractivity contribution in [2.75, 3.05) is 0 Å². The van der Waals surface area contributed by atoms with Gasteiger partial charge in [0.1, 0.15) is 5.78 Å². The number of halogens is 3. The molecule has 0 aliphatic heterocycles. The van der Waals surface area contributed by atoms with Crippen LogP contribution in [0.5, 0.6) is 0 Å². The van der Waals surface area contributed by atoms with Crippen LogP contribution in [0.15, 0.2) is 17.5 Å². The summed E-state index contributed by atoms with van der Waals surface area (Å²) in [5.74, 6) is 0.683. The molecule has 0 amide bonds. The maximum Gasteiger partial charge on any atom is 0.522 e. The Balaban J connectivity index is 0.000000208. The lowest BCUT2D eigenvalue weighted by Crippen LogP contribution is -2.21. The zero-order chi connectivity index (χ0) is 18.9. The molecule has 1 unspecified atom stereocenters. The first-order valence-corrected chi connectivity index (χ1v) is 10.5. The lowest BCUT2D eigenvalue weighted by Gasteiger charge is -2.18. The molecule has 0 radical (unpaired) electrons. The van der Waals surface area contributed by atoms with Crippen LogP contribution in [0.2, 0.25) is 0 Å². The highest BCUT2D eigenvalue weighted by Crippen LogP contribution is 2.32. The fraction of sp³-hybridized carbons (Fsp3) is 0.688. The maximum atomic E-state index is 11.5. The van der Waals surface area contributed by atoms with Crippen molar-refractivity contribution in [2.24, 2.45) is 0 Å². The Labute approximate surface area is 150 Å². The zero-order valence-electron chi connectivity index (χ0n) is 13.8. The van der Waals surface area contributed by atoms with Gasteiger partial charge in [0.15, 0.2) is 0 Å². The van der Waals surface area contributed by atoms with Crippen molar-refractivity contribution in [3.8, 4) is 0 Å². The van der Waals surface area contributed by atoms with Crippen LogP contribution in [0, 0.1) is 0 Å². The van der Waals surface area contributed by atoms with Gasteiger partial charge >= 0.3 is 15.6 Å². The van der Waals surface area contributed by atoms with Crippen LogP contribution in [0.1, 0.15) is 68.6 Å². The average molecular weight is 400 g/mol. The van der Waals surface area contributed by atoms with Gasteiger partial charge in [-0.2, -0.15) is 21.6 Å². The van der Waals surface area contributed by atoms with E-state index in [1.807, 2.05) is 6.07 Å². The highest BCUT2D eigenvalue weighted by Gasteiger charge is 2.44. The van der Waals surface area contributed by atoms with E-state index in [-0.39, 0.29) is 5.92 Å². The number of carbonyl (C=O) groups is 1. The third-order valence-electron chi connectivity index (χ3n) is 3.98. The van der Waals surface area contributed by atoms with Gasteiger partial charge in [-0.25, -0.2) is 0 Å². The van der Waals surface area contributed by atoms with Gasteiger partial charge in [-0.05, 0) is 24.3 Å². The smallest absolute Gasteiger partial charge is 0.299 e. The summed E-state index contributed by atoms with van der Waals surface area (Å²) in [4.78, 5) is 12.8. The number of carbonyl (C=O) groups excluding carboxylic acids is 1. The van der Waals surface area contributed by atoms with Crippen LogP contribution in [-0.2, 0) is 14.9 Å². The Hall–Kier alpha value is -0.930. The molecule has 2 saturated carbocycles. The maximum absolute atomic E-state index is 11.5. The molecule has 3 rings (SSSR count). The van der Waals surface area contributed by atoms with E-state index in [0.29, 0.717) is 5.78 Å². The normalized spacial score (nSPS) is 21.0. The summed E-state index contributed by atoms with van der Waals surface area (Å²) < 4.78 is 57.5. The lowest BCUT2D eigenvalue weighted by molar-refractivity contribution is -0.121. The van der Waals surface area contributed by atoms with E-state index in [9.17, 15) is 18.0 Å². The molecule has 0 saturated heterocycles. The SMILES string of the molecule is C1CCCC1.O=C1CCCCC1c1cccs1.O=S(=O)(O)C(F)(F)F. The number of hydrogen-bond donors (Lipinski definition) is 1. The Morgan fingerprint density at radius 3 is 1.92 bits per heavy atom. The van der Waals surface area contributed by atoms with Crippen molar-refractivity contribution in [1.82, 2.24) is 0 Å². The number of thiophene rings is 1. The van der Waals surface area contributed by atoms with Crippen LogP contribution < -0.4 is 0 Å². The molecule has 25 heavy (non-hydrogen) atoms. The summed E-state index contributed by atoms with van der Waals surface area (Å²) in [6.07, 6.45) is 11.7. The molecular formula is C16H23F3O4S2. The molecule has 1 aromatic rings. The molecule has 1 aromatic heterocycles. The number of hydrogen-bond acceptors (Lipinski definition) is 4. The number of ketones is 1. The first-order valence-electron chi connectivity index (χ1n) is 8.23. The molecule has 0 spiro atoms. The Bertz CT molecular complexity index is 598. The second kappa shape index (κ2) is 10.3. The fourth-order valence-corrected chi connectivity index (χ4v) is 3.54. The molecule has 0 bridgehead atoms. The molecule has 1 N–H and O–H groups in total. The molecule has 0 aromatic carbocycles. The summed E-state index contributed by atoms with van der Waals surface area (Å²) in [6.45, 7) is 0. The Morgan fingerprint density at radius 2 is 1.56 bits per heavy atom. The topological polar surface area (TPSA) is 71.4 Å². The van der Waals surface area contributed by atoms with Crippen LogP contribution in [-0.4, -0.2) is 24.3 Å². The van der Waals surface area contributed by atoms with Crippen molar-refractivity contribution >= 4 is 27.2 Å². The van der Waals surface area contributed by atoms with Gasteiger partial charge < -0.3 is 0 Å². The van der Waals surface area contributed by atoms with E-state index in [1.165, 1.54) is 43.4 Å². The van der Waals surface area contributed by atoms with Crippen LogP contribution in [0.4, 0.5) is 13.2 Å². The molecule has 144 valence electrons. The summed E-state index contributed by atoms with van der Waals surface area (Å²) in [7, 11) is -5.84.